The Bertz CT molecular complexity index is 395. The van der Waals surface area contributed by atoms with Crippen LogP contribution in [0.5, 0.6) is 0 Å². The Balaban J connectivity index is 1.81. The molecule has 0 aromatic carbocycles. The van der Waals surface area contributed by atoms with Gasteiger partial charge in [-0.2, -0.15) is 0 Å². The van der Waals surface area contributed by atoms with Gasteiger partial charge in [-0.05, 0) is 33.3 Å². The minimum atomic E-state index is 0.137. The van der Waals surface area contributed by atoms with Gasteiger partial charge in [-0.25, -0.2) is 0 Å². The molecule has 108 valence electrons. The van der Waals surface area contributed by atoms with E-state index in [0.29, 0.717) is 6.10 Å². The number of hydrogen-bond acceptors (Lipinski definition) is 4. The zero-order chi connectivity index (χ0) is 13.9. The standard InChI is InChI=1S/C15H26N2O2/c1-15(2,3)16-8-12-7-14(19-11-12)10-17-6-5-13(9-17)18-4/h7,11,13,16H,5-6,8-10H2,1-4H3. The average Bonchev–Trinajstić information content (AvgIpc) is 2.95. The minimum absolute atomic E-state index is 0.137. The van der Waals surface area contributed by atoms with Gasteiger partial charge in [0.2, 0.25) is 0 Å². The van der Waals surface area contributed by atoms with Crippen LogP contribution < -0.4 is 5.32 Å². The van der Waals surface area contributed by atoms with Crippen LogP contribution in [-0.2, 0) is 17.8 Å². The first-order chi connectivity index (χ1) is 8.96. The second-order valence-electron chi connectivity index (χ2n) is 6.41. The number of nitrogens with one attached hydrogen (secondary N) is 1. The zero-order valence-corrected chi connectivity index (χ0v) is 12.5. The van der Waals surface area contributed by atoms with Crippen LogP contribution in [0.25, 0.3) is 0 Å². The van der Waals surface area contributed by atoms with E-state index in [1.54, 1.807) is 7.11 Å². The maximum atomic E-state index is 5.64. The van der Waals surface area contributed by atoms with Gasteiger partial charge < -0.3 is 14.5 Å². The summed E-state index contributed by atoms with van der Waals surface area (Å²) in [6.07, 6.45) is 3.37. The fraction of sp³-hybridized carbons (Fsp3) is 0.733. The third-order valence-electron chi connectivity index (χ3n) is 3.47. The Morgan fingerprint density at radius 1 is 1.47 bits per heavy atom. The smallest absolute Gasteiger partial charge is 0.118 e. The molecular formula is C15H26N2O2. The number of hydrogen-bond donors (Lipinski definition) is 1. The molecule has 1 N–H and O–H groups in total. The highest BCUT2D eigenvalue weighted by Gasteiger charge is 2.22. The Morgan fingerprint density at radius 3 is 2.89 bits per heavy atom. The first-order valence-corrected chi connectivity index (χ1v) is 7.03. The highest BCUT2D eigenvalue weighted by atomic mass is 16.5. The predicted molar refractivity (Wildman–Crippen MR) is 76.0 cm³/mol. The molecule has 0 spiro atoms. The summed E-state index contributed by atoms with van der Waals surface area (Å²) >= 11 is 0. The lowest BCUT2D eigenvalue weighted by Gasteiger charge is -2.19. The van der Waals surface area contributed by atoms with Crippen LogP contribution in [0.15, 0.2) is 16.7 Å². The lowest BCUT2D eigenvalue weighted by molar-refractivity contribution is 0.106. The van der Waals surface area contributed by atoms with Crippen molar-refractivity contribution in [3.63, 3.8) is 0 Å². The zero-order valence-electron chi connectivity index (χ0n) is 12.5. The number of ether oxygens (including phenoxy) is 1. The van der Waals surface area contributed by atoms with Crippen molar-refractivity contribution in [3.05, 3.63) is 23.7 Å². The van der Waals surface area contributed by atoms with Crippen molar-refractivity contribution < 1.29 is 9.15 Å². The molecule has 1 fully saturated rings. The Morgan fingerprint density at radius 2 is 2.26 bits per heavy atom. The molecule has 1 atom stereocenters. The highest BCUT2D eigenvalue weighted by Crippen LogP contribution is 2.17. The molecule has 0 bridgehead atoms. The normalized spacial score (nSPS) is 21.2. The van der Waals surface area contributed by atoms with E-state index in [-0.39, 0.29) is 5.54 Å². The third kappa shape index (κ3) is 4.64. The van der Waals surface area contributed by atoms with Gasteiger partial charge in [0.25, 0.3) is 0 Å². The number of nitrogens with zero attached hydrogens (tertiary/aromatic N) is 1. The van der Waals surface area contributed by atoms with Crippen LogP contribution >= 0.6 is 0 Å². The summed E-state index contributed by atoms with van der Waals surface area (Å²) in [7, 11) is 1.79. The average molecular weight is 266 g/mol. The molecule has 1 unspecified atom stereocenters. The van der Waals surface area contributed by atoms with Crippen molar-refractivity contribution >= 4 is 0 Å². The minimum Gasteiger partial charge on any atom is -0.468 e. The molecule has 1 aliphatic heterocycles. The summed E-state index contributed by atoms with van der Waals surface area (Å²) in [6, 6.07) is 2.15. The molecule has 1 saturated heterocycles. The number of rotatable bonds is 5. The molecule has 0 aliphatic carbocycles. The van der Waals surface area contributed by atoms with Gasteiger partial charge in [-0.1, -0.05) is 0 Å². The maximum Gasteiger partial charge on any atom is 0.118 e. The lowest BCUT2D eigenvalue weighted by Crippen LogP contribution is -2.34. The predicted octanol–water partition coefficient (Wildman–Crippen LogP) is 2.39. The van der Waals surface area contributed by atoms with E-state index < -0.39 is 0 Å². The van der Waals surface area contributed by atoms with Crippen molar-refractivity contribution in [2.75, 3.05) is 20.2 Å². The molecule has 0 amide bonds. The van der Waals surface area contributed by atoms with Crippen LogP contribution in [0.1, 0.15) is 38.5 Å². The summed E-state index contributed by atoms with van der Waals surface area (Å²) in [6.45, 7) is 10.3. The van der Waals surface area contributed by atoms with Crippen molar-refractivity contribution in [1.82, 2.24) is 10.2 Å². The van der Waals surface area contributed by atoms with E-state index in [2.05, 4.69) is 37.1 Å². The third-order valence-corrected chi connectivity index (χ3v) is 3.47. The van der Waals surface area contributed by atoms with Crippen LogP contribution in [0.2, 0.25) is 0 Å². The molecule has 2 heterocycles. The maximum absolute atomic E-state index is 5.64. The highest BCUT2D eigenvalue weighted by molar-refractivity contribution is 5.13. The van der Waals surface area contributed by atoms with E-state index in [1.807, 2.05) is 6.26 Å². The largest absolute Gasteiger partial charge is 0.468 e. The molecule has 0 saturated carbocycles. The molecule has 4 heteroatoms. The van der Waals surface area contributed by atoms with Crippen LogP contribution in [0, 0.1) is 0 Å². The summed E-state index contributed by atoms with van der Waals surface area (Å²) < 4.78 is 11.0. The number of furan rings is 1. The van der Waals surface area contributed by atoms with E-state index >= 15 is 0 Å². The second-order valence-corrected chi connectivity index (χ2v) is 6.41. The fourth-order valence-corrected chi connectivity index (χ4v) is 2.32. The summed E-state index contributed by atoms with van der Waals surface area (Å²) in [5.74, 6) is 1.04. The van der Waals surface area contributed by atoms with Crippen molar-refractivity contribution in [3.8, 4) is 0 Å². The molecule has 4 nitrogen and oxygen atoms in total. The lowest BCUT2D eigenvalue weighted by atomic mass is 10.1. The van der Waals surface area contributed by atoms with Gasteiger partial charge in [0.1, 0.15) is 5.76 Å². The molecule has 1 aromatic rings. The van der Waals surface area contributed by atoms with Gasteiger partial charge >= 0.3 is 0 Å². The second kappa shape index (κ2) is 6.07. The van der Waals surface area contributed by atoms with Gasteiger partial charge in [0.05, 0.1) is 18.9 Å². The SMILES string of the molecule is COC1CCN(Cc2cc(CNC(C)(C)C)co2)C1. The van der Waals surface area contributed by atoms with E-state index in [1.165, 1.54) is 5.56 Å². The van der Waals surface area contributed by atoms with Gasteiger partial charge in [0.15, 0.2) is 0 Å². The van der Waals surface area contributed by atoms with E-state index in [4.69, 9.17) is 9.15 Å². The summed E-state index contributed by atoms with van der Waals surface area (Å²) in [4.78, 5) is 2.38. The molecule has 1 aromatic heterocycles. The quantitative estimate of drug-likeness (QED) is 0.888. The van der Waals surface area contributed by atoms with Crippen LogP contribution in [-0.4, -0.2) is 36.7 Å². The number of methoxy groups -OCH3 is 1. The van der Waals surface area contributed by atoms with Crippen molar-refractivity contribution in [2.45, 2.75) is 51.9 Å². The van der Waals surface area contributed by atoms with Gasteiger partial charge in [0, 0.05) is 37.8 Å². The van der Waals surface area contributed by atoms with E-state index in [0.717, 1.165) is 38.4 Å². The first-order valence-electron chi connectivity index (χ1n) is 7.03. The molecule has 0 radical (unpaired) electrons. The van der Waals surface area contributed by atoms with Crippen LogP contribution in [0.3, 0.4) is 0 Å². The van der Waals surface area contributed by atoms with Gasteiger partial charge in [-0.15, -0.1) is 0 Å². The van der Waals surface area contributed by atoms with Crippen molar-refractivity contribution in [2.24, 2.45) is 0 Å². The number of likely N-dealkylation sites (tertiary alicyclic amines) is 1. The topological polar surface area (TPSA) is 37.6 Å². The molecule has 2 rings (SSSR count). The first kappa shape index (κ1) is 14.6. The van der Waals surface area contributed by atoms with Gasteiger partial charge in [-0.3, -0.25) is 4.90 Å². The van der Waals surface area contributed by atoms with Crippen molar-refractivity contribution in [1.29, 1.82) is 0 Å². The molecular weight excluding hydrogens is 240 g/mol. The Kier molecular flexibility index (Phi) is 4.66. The monoisotopic (exact) mass is 266 g/mol. The van der Waals surface area contributed by atoms with Crippen LogP contribution in [0.4, 0.5) is 0 Å². The molecule has 19 heavy (non-hydrogen) atoms. The summed E-state index contributed by atoms with van der Waals surface area (Å²) in [5.41, 5.74) is 1.35. The Labute approximate surface area is 116 Å². The fourth-order valence-electron chi connectivity index (χ4n) is 2.32. The Hall–Kier alpha value is -0.840. The summed E-state index contributed by atoms with van der Waals surface area (Å²) in [5, 5.41) is 3.47. The molecule has 1 aliphatic rings. The van der Waals surface area contributed by atoms with E-state index in [9.17, 15) is 0 Å².